The minimum Gasteiger partial charge on any atom is -0.334 e. The first-order valence-corrected chi connectivity index (χ1v) is 12.0. The minimum absolute atomic E-state index is 0.0602. The lowest BCUT2D eigenvalue weighted by Gasteiger charge is -2.14. The fraction of sp³-hybridized carbons (Fsp3) is 0.304. The molecule has 0 atom stereocenters. The summed E-state index contributed by atoms with van der Waals surface area (Å²) in [6.07, 6.45) is 2.26. The molecule has 32 heavy (non-hydrogen) atoms. The summed E-state index contributed by atoms with van der Waals surface area (Å²) in [5.41, 5.74) is 3.74. The second-order valence-electron chi connectivity index (χ2n) is 7.31. The third-order valence-corrected chi connectivity index (χ3v) is 7.07. The van der Waals surface area contributed by atoms with Crippen molar-refractivity contribution >= 4 is 45.3 Å². The maximum atomic E-state index is 13.6. The highest BCUT2D eigenvalue weighted by Crippen LogP contribution is 2.30. The van der Waals surface area contributed by atoms with Gasteiger partial charge in [0.05, 0.1) is 16.8 Å². The summed E-state index contributed by atoms with van der Waals surface area (Å²) < 4.78 is 1.57. The summed E-state index contributed by atoms with van der Waals surface area (Å²) in [4.78, 5) is 44.1. The molecule has 0 bridgehead atoms. The number of carbonyl (C=O) groups excluding carboxylic acids is 2. The molecule has 2 aromatic heterocycles. The van der Waals surface area contributed by atoms with Crippen LogP contribution in [0.5, 0.6) is 0 Å². The molecule has 3 rings (SSSR count). The van der Waals surface area contributed by atoms with E-state index in [0.717, 1.165) is 39.8 Å². The van der Waals surface area contributed by atoms with Gasteiger partial charge in [-0.25, -0.2) is 9.78 Å². The molecule has 1 aromatic carbocycles. The van der Waals surface area contributed by atoms with Crippen LogP contribution < -0.4 is 16.2 Å². The number of thioether (sulfide) groups is 1. The van der Waals surface area contributed by atoms with Crippen molar-refractivity contribution in [2.24, 2.45) is 0 Å². The van der Waals surface area contributed by atoms with Crippen molar-refractivity contribution in [2.45, 2.75) is 39.3 Å². The van der Waals surface area contributed by atoms with E-state index in [2.05, 4.69) is 17.2 Å². The number of nitrogens with zero attached hydrogens (tertiary/aromatic N) is 2. The molecule has 3 amide bonds. The summed E-state index contributed by atoms with van der Waals surface area (Å²) in [6.45, 7) is 11.8. The van der Waals surface area contributed by atoms with Crippen molar-refractivity contribution in [1.82, 2.24) is 20.2 Å². The summed E-state index contributed by atoms with van der Waals surface area (Å²) in [5, 5.41) is 5.80. The number of benzene rings is 1. The van der Waals surface area contributed by atoms with Crippen LogP contribution in [0, 0.1) is 20.8 Å². The molecular weight excluding hydrogens is 444 g/mol. The van der Waals surface area contributed by atoms with Gasteiger partial charge in [-0.05, 0) is 56.0 Å². The van der Waals surface area contributed by atoms with E-state index in [-0.39, 0.29) is 17.9 Å². The van der Waals surface area contributed by atoms with Crippen molar-refractivity contribution in [3.63, 3.8) is 0 Å². The SMILES string of the molecule is C=CCNC(=O)NC(=O)CSc1nc2sc(C)c(CC)c2c(=O)n1-c1ccc(C)c(C)c1. The second-order valence-corrected chi connectivity index (χ2v) is 9.46. The van der Waals surface area contributed by atoms with E-state index < -0.39 is 11.9 Å². The van der Waals surface area contributed by atoms with E-state index in [0.29, 0.717) is 21.1 Å². The molecule has 0 saturated heterocycles. The molecule has 0 unspecified atom stereocenters. The predicted octanol–water partition coefficient (Wildman–Crippen LogP) is 4.04. The molecule has 2 N–H and O–H groups in total. The summed E-state index contributed by atoms with van der Waals surface area (Å²) in [6, 6.07) is 5.20. The number of hydrogen-bond donors (Lipinski definition) is 2. The molecule has 9 heteroatoms. The Morgan fingerprint density at radius 1 is 1.25 bits per heavy atom. The van der Waals surface area contributed by atoms with Gasteiger partial charge >= 0.3 is 6.03 Å². The number of thiophene rings is 1. The van der Waals surface area contributed by atoms with Gasteiger partial charge in [-0.1, -0.05) is 30.8 Å². The highest BCUT2D eigenvalue weighted by Gasteiger charge is 2.20. The van der Waals surface area contributed by atoms with Crippen molar-refractivity contribution < 1.29 is 9.59 Å². The first-order valence-electron chi connectivity index (χ1n) is 10.2. The molecule has 0 spiro atoms. The molecule has 0 aliphatic rings. The molecule has 0 radical (unpaired) electrons. The number of amides is 3. The van der Waals surface area contributed by atoms with Crippen molar-refractivity contribution in [2.75, 3.05) is 12.3 Å². The van der Waals surface area contributed by atoms with Crippen LogP contribution in [0.3, 0.4) is 0 Å². The molecule has 0 aliphatic carbocycles. The van der Waals surface area contributed by atoms with Gasteiger partial charge in [0.1, 0.15) is 4.83 Å². The number of urea groups is 1. The first-order chi connectivity index (χ1) is 15.3. The highest BCUT2D eigenvalue weighted by molar-refractivity contribution is 7.99. The number of carbonyl (C=O) groups is 2. The van der Waals surface area contributed by atoms with Gasteiger partial charge in [0, 0.05) is 11.4 Å². The van der Waals surface area contributed by atoms with E-state index in [1.54, 1.807) is 4.57 Å². The van der Waals surface area contributed by atoms with E-state index in [4.69, 9.17) is 4.98 Å². The van der Waals surface area contributed by atoms with Crippen LogP contribution in [-0.4, -0.2) is 33.8 Å². The number of aromatic nitrogens is 2. The van der Waals surface area contributed by atoms with Gasteiger partial charge in [-0.3, -0.25) is 19.5 Å². The Labute approximate surface area is 194 Å². The normalized spacial score (nSPS) is 10.9. The number of nitrogens with one attached hydrogen (secondary N) is 2. The van der Waals surface area contributed by atoms with Crippen molar-refractivity contribution in [3.05, 3.63) is 62.8 Å². The Balaban J connectivity index is 2.03. The largest absolute Gasteiger partial charge is 0.334 e. The molecule has 2 heterocycles. The number of rotatable bonds is 7. The van der Waals surface area contributed by atoms with Crippen LogP contribution in [-0.2, 0) is 11.2 Å². The standard InChI is InChI=1S/C23H26N4O3S2/c1-6-10-24-22(30)25-18(28)12-31-23-26-20-19(17(7-2)15(5)32-20)21(29)27(23)16-9-8-13(3)14(4)11-16/h6,8-9,11H,1,7,10,12H2,2-5H3,(H2,24,25,28,30). The van der Waals surface area contributed by atoms with Crippen LogP contribution in [0.4, 0.5) is 4.79 Å². The predicted molar refractivity (Wildman–Crippen MR) is 131 cm³/mol. The Morgan fingerprint density at radius 3 is 2.66 bits per heavy atom. The molecule has 0 saturated carbocycles. The van der Waals surface area contributed by atoms with Gasteiger partial charge < -0.3 is 5.32 Å². The van der Waals surface area contributed by atoms with Crippen LogP contribution in [0.1, 0.15) is 28.5 Å². The topological polar surface area (TPSA) is 93.1 Å². The van der Waals surface area contributed by atoms with E-state index in [9.17, 15) is 14.4 Å². The van der Waals surface area contributed by atoms with E-state index in [1.165, 1.54) is 17.4 Å². The lowest BCUT2D eigenvalue weighted by Crippen LogP contribution is -2.40. The fourth-order valence-corrected chi connectivity index (χ4v) is 5.28. The Hall–Kier alpha value is -2.91. The third kappa shape index (κ3) is 4.94. The number of aryl methyl sites for hydroxylation is 4. The van der Waals surface area contributed by atoms with Crippen LogP contribution in [0.25, 0.3) is 15.9 Å². The third-order valence-electron chi connectivity index (χ3n) is 5.09. The maximum absolute atomic E-state index is 13.6. The van der Waals surface area contributed by atoms with Gasteiger partial charge in [0.15, 0.2) is 5.16 Å². The lowest BCUT2D eigenvalue weighted by atomic mass is 10.1. The van der Waals surface area contributed by atoms with E-state index in [1.807, 2.05) is 45.9 Å². The maximum Gasteiger partial charge on any atom is 0.321 e. The van der Waals surface area contributed by atoms with Crippen LogP contribution in [0.2, 0.25) is 0 Å². The second kappa shape index (κ2) is 10.1. The van der Waals surface area contributed by atoms with Crippen molar-refractivity contribution in [3.8, 4) is 5.69 Å². The first kappa shape index (κ1) is 23.7. The smallest absolute Gasteiger partial charge is 0.321 e. The van der Waals surface area contributed by atoms with Gasteiger partial charge in [0.25, 0.3) is 5.56 Å². The minimum atomic E-state index is -0.591. The van der Waals surface area contributed by atoms with Crippen LogP contribution in [0.15, 0.2) is 40.8 Å². The average Bonchev–Trinajstić information content (AvgIpc) is 3.08. The summed E-state index contributed by atoms with van der Waals surface area (Å²) >= 11 is 2.61. The Morgan fingerprint density at radius 2 is 2.00 bits per heavy atom. The summed E-state index contributed by atoms with van der Waals surface area (Å²) in [7, 11) is 0. The monoisotopic (exact) mass is 470 g/mol. The lowest BCUT2D eigenvalue weighted by molar-refractivity contribution is -0.117. The van der Waals surface area contributed by atoms with E-state index >= 15 is 0 Å². The molecule has 7 nitrogen and oxygen atoms in total. The zero-order valence-electron chi connectivity index (χ0n) is 18.6. The highest BCUT2D eigenvalue weighted by atomic mass is 32.2. The molecular formula is C23H26N4O3S2. The molecule has 3 aromatic rings. The van der Waals surface area contributed by atoms with Gasteiger partial charge in [-0.15, -0.1) is 17.9 Å². The average molecular weight is 471 g/mol. The zero-order valence-corrected chi connectivity index (χ0v) is 20.2. The van der Waals surface area contributed by atoms with Crippen molar-refractivity contribution in [1.29, 1.82) is 0 Å². The Kier molecular flexibility index (Phi) is 7.52. The number of fused-ring (bicyclic) bond motifs is 1. The number of imide groups is 1. The fourth-order valence-electron chi connectivity index (χ4n) is 3.31. The Bertz CT molecular complexity index is 1260. The molecule has 0 aliphatic heterocycles. The zero-order chi connectivity index (χ0) is 23.4. The summed E-state index contributed by atoms with van der Waals surface area (Å²) in [5.74, 6) is -0.538. The van der Waals surface area contributed by atoms with Crippen LogP contribution >= 0.6 is 23.1 Å². The molecule has 168 valence electrons. The quantitative estimate of drug-likeness (QED) is 0.309. The number of hydrogen-bond acceptors (Lipinski definition) is 6. The molecule has 0 fully saturated rings. The van der Waals surface area contributed by atoms with Gasteiger partial charge in [-0.2, -0.15) is 0 Å². The van der Waals surface area contributed by atoms with Gasteiger partial charge in [0.2, 0.25) is 5.91 Å².